The van der Waals surface area contributed by atoms with Crippen molar-refractivity contribution in [1.82, 2.24) is 4.90 Å². The van der Waals surface area contributed by atoms with E-state index < -0.39 is 18.7 Å². The number of ether oxygens (including phenoxy) is 2. The van der Waals surface area contributed by atoms with Gasteiger partial charge in [0.25, 0.3) is 0 Å². The van der Waals surface area contributed by atoms with Gasteiger partial charge in [0, 0.05) is 24.7 Å². The maximum atomic E-state index is 12.4. The van der Waals surface area contributed by atoms with Crippen molar-refractivity contribution in [2.24, 2.45) is 0 Å². The monoisotopic (exact) mass is 384 g/mol. The molecular formula is C21H24N2O5. The van der Waals surface area contributed by atoms with E-state index in [2.05, 4.69) is 10.2 Å². The Hall–Kier alpha value is -3.06. The van der Waals surface area contributed by atoms with Crippen LogP contribution in [0.3, 0.4) is 0 Å². The molecule has 2 aromatic rings. The Balaban J connectivity index is 1.76. The van der Waals surface area contributed by atoms with Crippen LogP contribution in [0.5, 0.6) is 5.75 Å². The summed E-state index contributed by atoms with van der Waals surface area (Å²) < 4.78 is 10.8. The van der Waals surface area contributed by atoms with Crippen molar-refractivity contribution in [2.75, 3.05) is 32.1 Å². The molecule has 0 atom stereocenters. The Morgan fingerprint density at radius 1 is 1.14 bits per heavy atom. The van der Waals surface area contributed by atoms with Crippen LogP contribution >= 0.6 is 0 Å². The van der Waals surface area contributed by atoms with Crippen LogP contribution in [0.25, 0.3) is 11.1 Å². The van der Waals surface area contributed by atoms with Crippen LogP contribution < -0.4 is 10.1 Å². The molecule has 1 aliphatic rings. The molecule has 1 fully saturated rings. The second-order valence-corrected chi connectivity index (χ2v) is 6.79. The van der Waals surface area contributed by atoms with Gasteiger partial charge in [0.1, 0.15) is 11.9 Å². The molecular weight excluding hydrogens is 360 g/mol. The summed E-state index contributed by atoms with van der Waals surface area (Å²) in [6.07, 6.45) is 0.971. The molecule has 0 saturated carbocycles. The van der Waals surface area contributed by atoms with E-state index in [4.69, 9.17) is 14.6 Å². The average Bonchev–Trinajstić information content (AvgIpc) is 2.69. The Morgan fingerprint density at radius 2 is 1.86 bits per heavy atom. The fraction of sp³-hybridized carbons (Fsp3) is 0.333. The van der Waals surface area contributed by atoms with Gasteiger partial charge in [0.15, 0.2) is 6.61 Å². The van der Waals surface area contributed by atoms with Crippen molar-refractivity contribution in [1.29, 1.82) is 0 Å². The number of nitrogens with one attached hydrogen (secondary N) is 1. The summed E-state index contributed by atoms with van der Waals surface area (Å²) in [5, 5.41) is 11.6. The van der Waals surface area contributed by atoms with E-state index >= 15 is 0 Å². The number of aliphatic carboxylic acids is 1. The highest BCUT2D eigenvalue weighted by atomic mass is 16.6. The maximum absolute atomic E-state index is 12.4. The van der Waals surface area contributed by atoms with Crippen LogP contribution in [0.15, 0.2) is 48.5 Å². The summed E-state index contributed by atoms with van der Waals surface area (Å²) in [5.74, 6) is -0.708. The minimum absolute atomic E-state index is 0.109. The fourth-order valence-corrected chi connectivity index (χ4v) is 3.12. The van der Waals surface area contributed by atoms with Crippen molar-refractivity contribution in [3.8, 4) is 16.9 Å². The highest BCUT2D eigenvalue weighted by molar-refractivity contribution is 5.92. The van der Waals surface area contributed by atoms with Gasteiger partial charge in [-0.25, -0.2) is 9.59 Å². The lowest BCUT2D eigenvalue weighted by molar-refractivity contribution is -0.139. The molecule has 0 aliphatic carbocycles. The van der Waals surface area contributed by atoms with Gasteiger partial charge >= 0.3 is 12.1 Å². The first kappa shape index (κ1) is 19.7. The predicted molar refractivity (Wildman–Crippen MR) is 106 cm³/mol. The van der Waals surface area contributed by atoms with Crippen LogP contribution in [0.1, 0.15) is 12.8 Å². The van der Waals surface area contributed by atoms with Gasteiger partial charge in [-0.05, 0) is 37.6 Å². The molecule has 0 bridgehead atoms. The molecule has 0 unspecified atom stereocenters. The molecule has 7 nitrogen and oxygen atoms in total. The lowest BCUT2D eigenvalue weighted by atomic mass is 10.0. The van der Waals surface area contributed by atoms with E-state index in [1.807, 2.05) is 37.4 Å². The van der Waals surface area contributed by atoms with Gasteiger partial charge in [-0.3, -0.25) is 5.32 Å². The first-order valence-corrected chi connectivity index (χ1v) is 9.21. The molecule has 1 amide bonds. The van der Waals surface area contributed by atoms with Crippen LogP contribution in [-0.2, 0) is 9.53 Å². The zero-order valence-corrected chi connectivity index (χ0v) is 15.8. The molecule has 2 aromatic carbocycles. The number of carboxylic acids is 1. The third-order valence-corrected chi connectivity index (χ3v) is 4.61. The second-order valence-electron chi connectivity index (χ2n) is 6.79. The predicted octanol–water partition coefficient (Wildman–Crippen LogP) is 3.46. The highest BCUT2D eigenvalue weighted by Gasteiger charge is 2.21. The maximum Gasteiger partial charge on any atom is 0.411 e. The van der Waals surface area contributed by atoms with E-state index in [1.165, 1.54) is 0 Å². The summed E-state index contributed by atoms with van der Waals surface area (Å²) in [4.78, 5) is 25.4. The van der Waals surface area contributed by atoms with Gasteiger partial charge < -0.3 is 19.5 Å². The van der Waals surface area contributed by atoms with E-state index in [-0.39, 0.29) is 6.10 Å². The Morgan fingerprint density at radius 3 is 2.54 bits per heavy atom. The number of rotatable bonds is 6. The smallest absolute Gasteiger partial charge is 0.411 e. The SMILES string of the molecule is CN1CCC(OC(=O)Nc2cc(OCC(=O)O)ccc2-c2ccccc2)CC1. The van der Waals surface area contributed by atoms with Gasteiger partial charge in [-0.1, -0.05) is 30.3 Å². The lowest BCUT2D eigenvalue weighted by Gasteiger charge is -2.28. The fourth-order valence-electron chi connectivity index (χ4n) is 3.12. The first-order chi connectivity index (χ1) is 13.5. The Bertz CT molecular complexity index is 817. The standard InChI is InChI=1S/C21H24N2O5/c1-23-11-9-16(10-12-23)28-21(26)22-19-13-17(27-14-20(24)25)7-8-18(19)15-5-3-2-4-6-15/h2-8,13,16H,9-12,14H2,1H3,(H,22,26)(H,24,25). The van der Waals surface area contributed by atoms with E-state index in [9.17, 15) is 9.59 Å². The topological polar surface area (TPSA) is 88.1 Å². The van der Waals surface area contributed by atoms with Crippen LogP contribution in [0.2, 0.25) is 0 Å². The third kappa shape index (κ3) is 5.47. The zero-order valence-electron chi connectivity index (χ0n) is 15.8. The minimum atomic E-state index is -1.07. The molecule has 1 saturated heterocycles. The summed E-state index contributed by atoms with van der Waals surface area (Å²) >= 11 is 0. The van der Waals surface area contributed by atoms with E-state index in [0.717, 1.165) is 37.1 Å². The van der Waals surface area contributed by atoms with Crippen molar-refractivity contribution < 1.29 is 24.2 Å². The largest absolute Gasteiger partial charge is 0.482 e. The minimum Gasteiger partial charge on any atom is -0.482 e. The summed E-state index contributed by atoms with van der Waals surface area (Å²) in [6, 6.07) is 14.7. The molecule has 28 heavy (non-hydrogen) atoms. The molecule has 0 radical (unpaired) electrons. The number of anilines is 1. The van der Waals surface area contributed by atoms with Gasteiger partial charge in [-0.2, -0.15) is 0 Å². The number of amides is 1. The number of nitrogens with zero attached hydrogens (tertiary/aromatic N) is 1. The summed E-state index contributed by atoms with van der Waals surface area (Å²) in [5.41, 5.74) is 2.22. The summed E-state index contributed by atoms with van der Waals surface area (Å²) in [7, 11) is 2.05. The summed E-state index contributed by atoms with van der Waals surface area (Å²) in [6.45, 7) is 1.33. The molecule has 0 aromatic heterocycles. The molecule has 148 valence electrons. The Labute approximate surface area is 163 Å². The number of piperidine rings is 1. The number of carbonyl (C=O) groups excluding carboxylic acids is 1. The second kappa shape index (κ2) is 9.23. The van der Waals surface area contributed by atoms with Gasteiger partial charge in [-0.15, -0.1) is 0 Å². The molecule has 3 rings (SSSR count). The van der Waals surface area contributed by atoms with Gasteiger partial charge in [0.05, 0.1) is 5.69 Å². The van der Waals surface area contributed by atoms with Crippen LogP contribution in [-0.4, -0.2) is 54.9 Å². The number of benzene rings is 2. The van der Waals surface area contributed by atoms with E-state index in [0.29, 0.717) is 11.4 Å². The lowest BCUT2D eigenvalue weighted by Crippen LogP contribution is -2.36. The van der Waals surface area contributed by atoms with Crippen LogP contribution in [0.4, 0.5) is 10.5 Å². The average molecular weight is 384 g/mol. The number of likely N-dealkylation sites (tertiary alicyclic amines) is 1. The molecule has 1 heterocycles. The number of carboxylic acid groups (broad SMARTS) is 1. The highest BCUT2D eigenvalue weighted by Crippen LogP contribution is 2.32. The third-order valence-electron chi connectivity index (χ3n) is 4.61. The molecule has 0 spiro atoms. The molecule has 2 N–H and O–H groups in total. The number of carbonyl (C=O) groups is 2. The zero-order chi connectivity index (χ0) is 19.9. The first-order valence-electron chi connectivity index (χ1n) is 9.21. The number of hydrogen-bond acceptors (Lipinski definition) is 5. The van der Waals surface area contributed by atoms with Gasteiger partial charge in [0.2, 0.25) is 0 Å². The van der Waals surface area contributed by atoms with E-state index in [1.54, 1.807) is 18.2 Å². The van der Waals surface area contributed by atoms with Crippen LogP contribution in [0, 0.1) is 0 Å². The normalized spacial score (nSPS) is 15.0. The quantitative estimate of drug-likeness (QED) is 0.793. The Kier molecular flexibility index (Phi) is 6.49. The molecule has 7 heteroatoms. The van der Waals surface area contributed by atoms with Crippen molar-refractivity contribution in [2.45, 2.75) is 18.9 Å². The van der Waals surface area contributed by atoms with Crippen molar-refractivity contribution in [3.63, 3.8) is 0 Å². The number of hydrogen-bond donors (Lipinski definition) is 2. The van der Waals surface area contributed by atoms with Crippen molar-refractivity contribution >= 4 is 17.7 Å². The molecule has 1 aliphatic heterocycles. The van der Waals surface area contributed by atoms with Crippen molar-refractivity contribution in [3.05, 3.63) is 48.5 Å².